The number of fused-ring (bicyclic) bond motifs is 1. The lowest BCUT2D eigenvalue weighted by atomic mass is 9.95. The number of methoxy groups -OCH3 is 1. The Bertz CT molecular complexity index is 848. The number of carbonyl (C=O) groups excluding carboxylic acids is 4. The van der Waals surface area contributed by atoms with Gasteiger partial charge in [-0.1, -0.05) is 30.3 Å². The van der Waals surface area contributed by atoms with Crippen LogP contribution in [0.2, 0.25) is 0 Å². The molecule has 3 N–H and O–H groups in total. The van der Waals surface area contributed by atoms with E-state index in [0.29, 0.717) is 5.56 Å². The normalized spacial score (nSPS) is 24.9. The number of benzene rings is 1. The minimum absolute atomic E-state index is 0.400. The van der Waals surface area contributed by atoms with E-state index < -0.39 is 59.0 Å². The summed E-state index contributed by atoms with van der Waals surface area (Å²) in [6, 6.07) is 6.22. The quantitative estimate of drug-likeness (QED) is 0.370. The summed E-state index contributed by atoms with van der Waals surface area (Å²) in [6.07, 6.45) is -0.988. The van der Waals surface area contributed by atoms with Crippen LogP contribution in [0.3, 0.4) is 0 Å². The Hall–Kier alpha value is -2.79. The zero-order valence-corrected chi connectivity index (χ0v) is 17.5. The van der Waals surface area contributed by atoms with Gasteiger partial charge in [-0.05, 0) is 19.4 Å². The van der Waals surface area contributed by atoms with Crippen molar-refractivity contribution in [3.05, 3.63) is 35.9 Å². The van der Waals surface area contributed by atoms with Crippen molar-refractivity contribution in [2.45, 2.75) is 42.1 Å². The van der Waals surface area contributed by atoms with Crippen LogP contribution < -0.4 is 11.1 Å². The number of thioether (sulfide) groups is 1. The molecule has 3 rings (SSSR count). The van der Waals surface area contributed by atoms with Gasteiger partial charge in [0.15, 0.2) is 0 Å². The molecule has 2 aliphatic heterocycles. The maximum Gasteiger partial charge on any atom is 0.510 e. The highest BCUT2D eigenvalue weighted by Crippen LogP contribution is 2.51. The van der Waals surface area contributed by atoms with Gasteiger partial charge < -0.3 is 30.2 Å². The fraction of sp³-hybridized carbons (Fsp3) is 0.474. The predicted molar refractivity (Wildman–Crippen MR) is 106 cm³/mol. The maximum absolute atomic E-state index is 12.7. The third-order valence-electron chi connectivity index (χ3n) is 4.95. The Morgan fingerprint density at radius 1 is 1.23 bits per heavy atom. The first-order valence-corrected chi connectivity index (χ1v) is 10.0. The number of amides is 2. The van der Waals surface area contributed by atoms with Crippen molar-refractivity contribution < 1.29 is 33.4 Å². The topological polar surface area (TPSA) is 137 Å². The summed E-state index contributed by atoms with van der Waals surface area (Å²) in [4.78, 5) is 50.1. The van der Waals surface area contributed by atoms with Crippen LogP contribution in [0.25, 0.3) is 0 Å². The number of nitrogens with zero attached hydrogens (tertiary/aromatic N) is 1. The molecular weight excluding hydrogens is 414 g/mol. The minimum atomic E-state index is -0.988. The van der Waals surface area contributed by atoms with Crippen molar-refractivity contribution in [3.63, 3.8) is 0 Å². The molecule has 162 valence electrons. The van der Waals surface area contributed by atoms with E-state index in [0.717, 1.165) is 7.11 Å². The number of carbonyl (C=O) groups is 4. The van der Waals surface area contributed by atoms with Crippen LogP contribution in [0.15, 0.2) is 30.3 Å². The van der Waals surface area contributed by atoms with Gasteiger partial charge >= 0.3 is 12.1 Å². The van der Waals surface area contributed by atoms with Gasteiger partial charge in [-0.2, -0.15) is 0 Å². The molecule has 2 saturated heterocycles. The number of hydrogen-bond acceptors (Lipinski definition) is 9. The maximum atomic E-state index is 12.7. The van der Waals surface area contributed by atoms with E-state index in [4.69, 9.17) is 10.5 Å². The summed E-state index contributed by atoms with van der Waals surface area (Å²) in [5.41, 5.74) is 6.63. The van der Waals surface area contributed by atoms with E-state index in [1.165, 1.54) is 16.7 Å². The first-order chi connectivity index (χ1) is 14.2. The van der Waals surface area contributed by atoms with E-state index in [2.05, 4.69) is 14.8 Å². The average molecular weight is 437 g/mol. The number of β-lactam (4-membered cyclic amide) rings is 1. The highest BCUT2D eigenvalue weighted by molar-refractivity contribution is 8.01. The van der Waals surface area contributed by atoms with Crippen molar-refractivity contribution in [1.29, 1.82) is 0 Å². The first-order valence-electron chi connectivity index (χ1n) is 9.15. The van der Waals surface area contributed by atoms with Crippen LogP contribution in [0.5, 0.6) is 0 Å². The standard InChI is InChI=1S/C19H23N3O7S/c1-19(2)13(17(25)28-9-29-18(26)27-3)22-15(24)12(16(22)30-19)21-14(23)11(20)10-7-5-4-6-8-10/h4-8,11-13,16H,9,20H2,1-3H3,(H,21,23)/t11?,12-,13+,16-/m1/s1. The fourth-order valence-electron chi connectivity index (χ4n) is 3.45. The van der Waals surface area contributed by atoms with Gasteiger partial charge in [-0.25, -0.2) is 9.59 Å². The second-order valence-electron chi connectivity index (χ2n) is 7.31. The molecule has 0 saturated carbocycles. The molecule has 2 amide bonds. The third kappa shape index (κ3) is 4.08. The van der Waals surface area contributed by atoms with Crippen LogP contribution >= 0.6 is 11.8 Å². The van der Waals surface area contributed by atoms with Gasteiger partial charge in [0, 0.05) is 4.75 Å². The largest absolute Gasteiger partial charge is 0.510 e. The lowest BCUT2D eigenvalue weighted by Crippen LogP contribution is -2.71. The smallest absolute Gasteiger partial charge is 0.438 e. The van der Waals surface area contributed by atoms with Gasteiger partial charge in [0.25, 0.3) is 0 Å². The van der Waals surface area contributed by atoms with E-state index in [1.54, 1.807) is 38.1 Å². The number of nitrogens with two attached hydrogens (primary N) is 1. The second-order valence-corrected chi connectivity index (χ2v) is 9.09. The van der Waals surface area contributed by atoms with Crippen LogP contribution in [0.1, 0.15) is 25.5 Å². The summed E-state index contributed by atoms with van der Waals surface area (Å²) < 4.78 is 13.1. The lowest BCUT2D eigenvalue weighted by Gasteiger charge is -2.44. The Morgan fingerprint density at radius 3 is 2.53 bits per heavy atom. The van der Waals surface area contributed by atoms with E-state index in [9.17, 15) is 19.2 Å². The van der Waals surface area contributed by atoms with Crippen LogP contribution in [-0.4, -0.2) is 64.9 Å². The molecule has 2 aliphatic rings. The van der Waals surface area contributed by atoms with Gasteiger partial charge in [0.2, 0.25) is 18.6 Å². The molecule has 0 radical (unpaired) electrons. The van der Waals surface area contributed by atoms with Crippen molar-refractivity contribution in [1.82, 2.24) is 10.2 Å². The SMILES string of the molecule is COC(=O)OCOC(=O)[C@@H]1N2C(=O)[C@@H](NC(=O)C(N)c3ccccc3)[C@H]2SC1(C)C. The summed E-state index contributed by atoms with van der Waals surface area (Å²) >= 11 is 1.38. The Kier molecular flexibility index (Phi) is 6.22. The average Bonchev–Trinajstić information content (AvgIpc) is 2.99. The van der Waals surface area contributed by atoms with Crippen molar-refractivity contribution in [2.24, 2.45) is 5.73 Å². The lowest BCUT2D eigenvalue weighted by molar-refractivity contribution is -0.170. The molecule has 30 heavy (non-hydrogen) atoms. The molecule has 0 spiro atoms. The second kappa shape index (κ2) is 8.52. The van der Waals surface area contributed by atoms with Crippen LogP contribution in [-0.2, 0) is 28.6 Å². The number of hydrogen-bond donors (Lipinski definition) is 2. The fourth-order valence-corrected chi connectivity index (χ4v) is 5.08. The van der Waals surface area contributed by atoms with Gasteiger partial charge in [0.1, 0.15) is 23.5 Å². The highest BCUT2D eigenvalue weighted by atomic mass is 32.2. The molecule has 0 aliphatic carbocycles. The molecule has 1 aromatic carbocycles. The van der Waals surface area contributed by atoms with Crippen LogP contribution in [0.4, 0.5) is 4.79 Å². The molecule has 0 aromatic heterocycles. The van der Waals surface area contributed by atoms with Crippen molar-refractivity contribution in [3.8, 4) is 0 Å². The van der Waals surface area contributed by atoms with Crippen molar-refractivity contribution >= 4 is 35.7 Å². The predicted octanol–water partition coefficient (Wildman–Crippen LogP) is 0.517. The van der Waals surface area contributed by atoms with E-state index in [1.807, 2.05) is 6.07 Å². The summed E-state index contributed by atoms with van der Waals surface area (Å²) in [7, 11) is 1.13. The molecule has 1 unspecified atom stereocenters. The Labute approximate surface area is 177 Å². The molecule has 1 aromatic rings. The summed E-state index contributed by atoms with van der Waals surface area (Å²) in [5, 5.41) is 2.25. The molecule has 0 bridgehead atoms. The molecular formula is C19H23N3O7S. The molecule has 10 nitrogen and oxygen atoms in total. The Balaban J connectivity index is 1.63. The van der Waals surface area contributed by atoms with Gasteiger partial charge in [0.05, 0.1) is 7.11 Å². The highest BCUT2D eigenvalue weighted by Gasteiger charge is 2.64. The molecule has 2 heterocycles. The number of esters is 1. The number of ether oxygens (including phenoxy) is 3. The third-order valence-corrected chi connectivity index (χ3v) is 6.52. The Morgan fingerprint density at radius 2 is 1.90 bits per heavy atom. The molecule has 2 fully saturated rings. The molecule has 11 heteroatoms. The van der Waals surface area contributed by atoms with Gasteiger partial charge in [-0.15, -0.1) is 11.8 Å². The molecule has 4 atom stereocenters. The summed E-state index contributed by atoms with van der Waals surface area (Å²) in [6.45, 7) is 2.97. The summed E-state index contributed by atoms with van der Waals surface area (Å²) in [5.74, 6) is -1.59. The van der Waals surface area contributed by atoms with Crippen LogP contribution in [0, 0.1) is 0 Å². The minimum Gasteiger partial charge on any atom is -0.438 e. The van der Waals surface area contributed by atoms with E-state index in [-0.39, 0.29) is 0 Å². The zero-order chi connectivity index (χ0) is 22.1. The monoisotopic (exact) mass is 437 g/mol. The first kappa shape index (κ1) is 21.9. The zero-order valence-electron chi connectivity index (χ0n) is 16.7. The number of nitrogens with one attached hydrogen (secondary N) is 1. The number of rotatable bonds is 6. The van der Waals surface area contributed by atoms with Crippen molar-refractivity contribution in [2.75, 3.05) is 13.9 Å². The van der Waals surface area contributed by atoms with E-state index >= 15 is 0 Å². The van der Waals surface area contributed by atoms with Gasteiger partial charge in [-0.3, -0.25) is 9.59 Å².